The van der Waals surface area contributed by atoms with Crippen LogP contribution < -0.4 is 0 Å². The summed E-state index contributed by atoms with van der Waals surface area (Å²) in [5.41, 5.74) is 0. The number of esters is 4. The highest BCUT2D eigenvalue weighted by Crippen LogP contribution is 2.45. The third-order valence-corrected chi connectivity index (χ3v) is 17.9. The van der Waals surface area contributed by atoms with Crippen molar-refractivity contribution in [3.8, 4) is 0 Å². The average molecular weight is 1300 g/mol. The number of carbonyl (C=O) groups excluding carboxylic acids is 4. The second-order valence-electron chi connectivity index (χ2n) is 25.4. The fourth-order valence-electron chi connectivity index (χ4n) is 10.5. The van der Waals surface area contributed by atoms with Crippen molar-refractivity contribution in [1.82, 2.24) is 0 Å². The standard InChI is InChI=1S/C69H134O17P2/c1-6-9-12-15-17-19-21-23-24-25-26-27-28-30-36-40-45-50-55-69(74)86-65(59-80-67(72)53-48-43-38-34-32-31-33-37-42-46-51-62(4)5)61-84-88(77,78)82-57-63(70)56-81-87(75,76)83-60-64(58-79-66(71)52-47-41-14-11-8-3)85-68(73)54-49-44-39-35-29-22-20-18-16-13-10-7-2/h62-65,70H,6-61H2,1-5H3,(H,75,76)(H,77,78)/t63-,64+,65+/m0/s1. The third-order valence-electron chi connectivity index (χ3n) is 16.0. The number of aliphatic hydroxyl groups excluding tert-OH is 1. The van der Waals surface area contributed by atoms with Crippen LogP contribution in [0.5, 0.6) is 0 Å². The third kappa shape index (κ3) is 62.8. The summed E-state index contributed by atoms with van der Waals surface area (Å²) in [6.07, 6.45) is 48.9. The van der Waals surface area contributed by atoms with Gasteiger partial charge in [0.2, 0.25) is 0 Å². The van der Waals surface area contributed by atoms with Crippen LogP contribution in [0.15, 0.2) is 0 Å². The zero-order valence-electron chi connectivity index (χ0n) is 56.9. The largest absolute Gasteiger partial charge is 0.472 e. The van der Waals surface area contributed by atoms with Crippen molar-refractivity contribution in [1.29, 1.82) is 0 Å². The van der Waals surface area contributed by atoms with Crippen LogP contribution in [0.3, 0.4) is 0 Å². The fraction of sp³-hybridized carbons (Fsp3) is 0.942. The zero-order valence-corrected chi connectivity index (χ0v) is 58.6. The van der Waals surface area contributed by atoms with E-state index in [-0.39, 0.29) is 25.7 Å². The number of rotatable bonds is 69. The lowest BCUT2D eigenvalue weighted by atomic mass is 10.0. The molecule has 0 saturated carbocycles. The number of phosphoric ester groups is 2. The molecule has 0 aromatic carbocycles. The van der Waals surface area contributed by atoms with E-state index in [9.17, 15) is 43.2 Å². The Hall–Kier alpha value is -1.94. The minimum atomic E-state index is -4.95. The highest BCUT2D eigenvalue weighted by Gasteiger charge is 2.30. The molecule has 0 amide bonds. The van der Waals surface area contributed by atoms with E-state index < -0.39 is 97.5 Å². The normalized spacial score (nSPS) is 14.1. The molecule has 3 N–H and O–H groups in total. The van der Waals surface area contributed by atoms with Gasteiger partial charge in [-0.15, -0.1) is 0 Å². The Balaban J connectivity index is 5.15. The molecular formula is C69H134O17P2. The number of ether oxygens (including phenoxy) is 4. The molecule has 0 aromatic rings. The molecule has 0 aliphatic heterocycles. The number of phosphoric acid groups is 2. The minimum absolute atomic E-state index is 0.107. The van der Waals surface area contributed by atoms with E-state index in [1.54, 1.807) is 0 Å². The van der Waals surface area contributed by atoms with Crippen molar-refractivity contribution < 1.29 is 80.2 Å². The first kappa shape index (κ1) is 86.1. The SMILES string of the molecule is CCCCCCCCCCCCCCCCCCCCC(=O)O[C@H](COC(=O)CCCCCCCCCCCCC(C)C)COP(=O)(O)OC[C@@H](O)COP(=O)(O)OC[C@@H](COC(=O)CCCCCCC)OC(=O)CCCCCCCCCCCCCC. The molecule has 0 fully saturated rings. The molecule has 0 heterocycles. The van der Waals surface area contributed by atoms with E-state index >= 15 is 0 Å². The lowest BCUT2D eigenvalue weighted by Gasteiger charge is -2.21. The first-order chi connectivity index (χ1) is 42.5. The van der Waals surface area contributed by atoms with Crippen LogP contribution in [0.4, 0.5) is 0 Å². The Kier molecular flexibility index (Phi) is 61.1. The van der Waals surface area contributed by atoms with Gasteiger partial charge in [-0.05, 0) is 31.6 Å². The van der Waals surface area contributed by atoms with Crippen molar-refractivity contribution in [2.75, 3.05) is 39.6 Å². The van der Waals surface area contributed by atoms with Gasteiger partial charge in [0.25, 0.3) is 0 Å². The van der Waals surface area contributed by atoms with Crippen molar-refractivity contribution in [2.24, 2.45) is 5.92 Å². The highest BCUT2D eigenvalue weighted by atomic mass is 31.2. The van der Waals surface area contributed by atoms with Gasteiger partial charge in [-0.3, -0.25) is 37.3 Å². The molecule has 17 nitrogen and oxygen atoms in total. The van der Waals surface area contributed by atoms with E-state index in [0.29, 0.717) is 25.7 Å². The Morgan fingerprint density at radius 3 is 0.773 bits per heavy atom. The van der Waals surface area contributed by atoms with E-state index in [1.165, 1.54) is 173 Å². The van der Waals surface area contributed by atoms with Gasteiger partial charge in [-0.2, -0.15) is 0 Å². The molecule has 0 radical (unpaired) electrons. The van der Waals surface area contributed by atoms with Crippen LogP contribution in [0, 0.1) is 5.92 Å². The van der Waals surface area contributed by atoms with Crippen molar-refractivity contribution >= 4 is 39.5 Å². The Bertz CT molecular complexity index is 1700. The van der Waals surface area contributed by atoms with Crippen LogP contribution in [-0.4, -0.2) is 96.7 Å². The van der Waals surface area contributed by atoms with Crippen LogP contribution in [0.25, 0.3) is 0 Å². The fourth-order valence-corrected chi connectivity index (χ4v) is 12.0. The van der Waals surface area contributed by atoms with E-state index in [0.717, 1.165) is 102 Å². The molecule has 0 aliphatic carbocycles. The first-order valence-electron chi connectivity index (χ1n) is 36.1. The molecule has 5 atom stereocenters. The van der Waals surface area contributed by atoms with E-state index in [2.05, 4.69) is 34.6 Å². The van der Waals surface area contributed by atoms with Gasteiger partial charge >= 0.3 is 39.5 Å². The summed E-state index contributed by atoms with van der Waals surface area (Å²) in [6, 6.07) is 0. The topological polar surface area (TPSA) is 237 Å². The number of unbranched alkanes of at least 4 members (excludes halogenated alkanes) is 41. The van der Waals surface area contributed by atoms with Gasteiger partial charge in [0, 0.05) is 25.7 Å². The molecule has 0 bridgehead atoms. The predicted molar refractivity (Wildman–Crippen MR) is 354 cm³/mol. The Morgan fingerprint density at radius 1 is 0.307 bits per heavy atom. The summed E-state index contributed by atoms with van der Waals surface area (Å²) in [5, 5.41) is 10.5. The highest BCUT2D eigenvalue weighted by molar-refractivity contribution is 7.47. The summed E-state index contributed by atoms with van der Waals surface area (Å²) in [6.45, 7) is 7.15. The monoisotopic (exact) mass is 1300 g/mol. The number of hydrogen-bond donors (Lipinski definition) is 3. The number of carbonyl (C=O) groups is 4. The van der Waals surface area contributed by atoms with Gasteiger partial charge < -0.3 is 33.8 Å². The zero-order chi connectivity index (χ0) is 64.9. The number of hydrogen-bond acceptors (Lipinski definition) is 15. The summed E-state index contributed by atoms with van der Waals surface area (Å²) in [5.74, 6) is -1.38. The molecule has 0 rings (SSSR count). The Labute approximate surface area is 537 Å². The summed E-state index contributed by atoms with van der Waals surface area (Å²) in [4.78, 5) is 72.2. The number of aliphatic hydroxyl groups is 1. The molecule has 88 heavy (non-hydrogen) atoms. The van der Waals surface area contributed by atoms with Crippen LogP contribution in [0.2, 0.25) is 0 Å². The molecular weight excluding hydrogens is 1160 g/mol. The van der Waals surface area contributed by atoms with Gasteiger partial charge in [0.05, 0.1) is 26.4 Å². The van der Waals surface area contributed by atoms with E-state index in [1.807, 2.05) is 0 Å². The molecule has 19 heteroatoms. The molecule has 0 aliphatic rings. The summed E-state index contributed by atoms with van der Waals surface area (Å²) < 4.78 is 68.0. The van der Waals surface area contributed by atoms with Gasteiger partial charge in [0.1, 0.15) is 19.3 Å². The smallest absolute Gasteiger partial charge is 0.462 e. The van der Waals surface area contributed by atoms with Crippen LogP contribution in [-0.2, 0) is 65.4 Å². The van der Waals surface area contributed by atoms with Crippen LogP contribution >= 0.6 is 15.6 Å². The maximum Gasteiger partial charge on any atom is 0.472 e. The maximum absolute atomic E-state index is 13.0. The van der Waals surface area contributed by atoms with Gasteiger partial charge in [-0.1, -0.05) is 304 Å². The molecule has 0 aromatic heterocycles. The maximum atomic E-state index is 13.0. The molecule has 522 valence electrons. The van der Waals surface area contributed by atoms with Crippen LogP contribution in [0.1, 0.15) is 356 Å². The van der Waals surface area contributed by atoms with Crippen molar-refractivity contribution in [3.05, 3.63) is 0 Å². The average Bonchev–Trinajstić information content (AvgIpc) is 3.66. The van der Waals surface area contributed by atoms with E-state index in [4.69, 9.17) is 37.0 Å². The molecule has 0 saturated heterocycles. The lowest BCUT2D eigenvalue weighted by Crippen LogP contribution is -2.30. The first-order valence-corrected chi connectivity index (χ1v) is 39.1. The van der Waals surface area contributed by atoms with Crippen molar-refractivity contribution in [2.45, 2.75) is 374 Å². The quantitative estimate of drug-likeness (QED) is 0.0222. The van der Waals surface area contributed by atoms with Crippen molar-refractivity contribution in [3.63, 3.8) is 0 Å². The predicted octanol–water partition coefficient (Wildman–Crippen LogP) is 19.7. The second-order valence-corrected chi connectivity index (χ2v) is 28.3. The Morgan fingerprint density at radius 2 is 0.523 bits per heavy atom. The molecule has 0 spiro atoms. The van der Waals surface area contributed by atoms with Gasteiger partial charge in [0.15, 0.2) is 12.2 Å². The summed E-state index contributed by atoms with van der Waals surface area (Å²) >= 11 is 0. The van der Waals surface area contributed by atoms with Gasteiger partial charge in [-0.25, -0.2) is 9.13 Å². The summed E-state index contributed by atoms with van der Waals surface area (Å²) in [7, 11) is -9.89. The lowest BCUT2D eigenvalue weighted by molar-refractivity contribution is -0.161. The second kappa shape index (κ2) is 62.5. The minimum Gasteiger partial charge on any atom is -0.462 e. The molecule has 2 unspecified atom stereocenters.